The van der Waals surface area contributed by atoms with Crippen LogP contribution < -0.4 is 5.32 Å². The number of rotatable bonds is 4. The number of carbonyl (C=O) groups is 2. The first-order valence-electron chi connectivity index (χ1n) is 6.91. The maximum Gasteiger partial charge on any atom is 0.337 e. The van der Waals surface area contributed by atoms with Gasteiger partial charge in [-0.25, -0.2) is 4.79 Å². The van der Waals surface area contributed by atoms with E-state index in [0.717, 1.165) is 11.3 Å². The van der Waals surface area contributed by atoms with E-state index < -0.39 is 5.97 Å². The van der Waals surface area contributed by atoms with E-state index >= 15 is 0 Å². The van der Waals surface area contributed by atoms with Crippen LogP contribution in [-0.2, 0) is 11.8 Å². The van der Waals surface area contributed by atoms with Gasteiger partial charge in [-0.2, -0.15) is 5.10 Å². The van der Waals surface area contributed by atoms with Gasteiger partial charge in [0.1, 0.15) is 0 Å². The average Bonchev–Trinajstić information content (AvgIpc) is 2.85. The van der Waals surface area contributed by atoms with Gasteiger partial charge in [0.2, 0.25) is 0 Å². The summed E-state index contributed by atoms with van der Waals surface area (Å²) in [5.74, 6) is -0.626. The lowest BCUT2D eigenvalue weighted by molar-refractivity contribution is 0.0600. The van der Waals surface area contributed by atoms with Crippen LogP contribution in [-0.4, -0.2) is 28.8 Å². The van der Waals surface area contributed by atoms with Gasteiger partial charge in [0.05, 0.1) is 24.4 Å². The number of amides is 1. The molecule has 1 aromatic carbocycles. The first-order chi connectivity index (χ1) is 10.4. The number of aryl methyl sites for hydroxylation is 2. The van der Waals surface area contributed by atoms with Gasteiger partial charge in [-0.15, -0.1) is 0 Å². The molecule has 1 N–H and O–H groups in total. The topological polar surface area (TPSA) is 73.2 Å². The van der Waals surface area contributed by atoms with E-state index in [1.807, 2.05) is 27.1 Å². The number of methoxy groups -OCH3 is 1. The van der Waals surface area contributed by atoms with Gasteiger partial charge in [0, 0.05) is 24.4 Å². The first kappa shape index (κ1) is 15.8. The number of nitrogens with one attached hydrogen (secondary N) is 1. The van der Waals surface area contributed by atoms with Crippen LogP contribution in [0.3, 0.4) is 0 Å². The van der Waals surface area contributed by atoms with Crippen molar-refractivity contribution in [3.8, 4) is 0 Å². The SMILES string of the molecule is COC(=O)c1ccc(C(=O)NC(C)c2cn(C)nc2C)cc1. The van der Waals surface area contributed by atoms with Crippen molar-refractivity contribution in [2.24, 2.45) is 7.05 Å². The Bertz CT molecular complexity index is 689. The van der Waals surface area contributed by atoms with Crippen LogP contribution in [0, 0.1) is 6.92 Å². The Balaban J connectivity index is 2.08. The molecule has 116 valence electrons. The van der Waals surface area contributed by atoms with Crippen LogP contribution in [0.25, 0.3) is 0 Å². The van der Waals surface area contributed by atoms with Crippen LogP contribution in [0.5, 0.6) is 0 Å². The summed E-state index contributed by atoms with van der Waals surface area (Å²) in [7, 11) is 3.16. The molecule has 0 aliphatic heterocycles. The van der Waals surface area contributed by atoms with Gasteiger partial charge in [0.15, 0.2) is 0 Å². The predicted octanol–water partition coefficient (Wildman–Crippen LogP) is 2.01. The fourth-order valence-corrected chi connectivity index (χ4v) is 2.28. The third-order valence-corrected chi connectivity index (χ3v) is 3.43. The molecule has 6 heteroatoms. The molecule has 1 atom stereocenters. The fraction of sp³-hybridized carbons (Fsp3) is 0.312. The number of ether oxygens (including phenoxy) is 1. The number of hydrogen-bond donors (Lipinski definition) is 1. The van der Waals surface area contributed by atoms with E-state index in [-0.39, 0.29) is 11.9 Å². The molecule has 1 unspecified atom stereocenters. The zero-order valence-electron chi connectivity index (χ0n) is 13.1. The second-order valence-electron chi connectivity index (χ2n) is 5.11. The van der Waals surface area contributed by atoms with E-state index in [9.17, 15) is 9.59 Å². The van der Waals surface area contributed by atoms with Crippen LogP contribution >= 0.6 is 0 Å². The summed E-state index contributed by atoms with van der Waals surface area (Å²) < 4.78 is 6.35. The standard InChI is InChI=1S/C16H19N3O3/c1-10(14-9-19(3)18-11(14)2)17-15(20)12-5-7-13(8-6-12)16(21)22-4/h5-10H,1-4H3,(H,17,20). The minimum Gasteiger partial charge on any atom is -0.465 e. The van der Waals surface area contributed by atoms with Crippen molar-refractivity contribution in [3.05, 3.63) is 52.8 Å². The fourth-order valence-electron chi connectivity index (χ4n) is 2.28. The Morgan fingerprint density at radius 3 is 2.32 bits per heavy atom. The van der Waals surface area contributed by atoms with Gasteiger partial charge < -0.3 is 10.1 Å². The summed E-state index contributed by atoms with van der Waals surface area (Å²) in [5.41, 5.74) is 2.76. The molecular weight excluding hydrogens is 282 g/mol. The lowest BCUT2D eigenvalue weighted by Crippen LogP contribution is -2.26. The minimum atomic E-state index is -0.425. The minimum absolute atomic E-state index is 0.151. The molecule has 0 aliphatic rings. The Morgan fingerprint density at radius 1 is 1.23 bits per heavy atom. The zero-order chi connectivity index (χ0) is 16.3. The molecule has 0 aliphatic carbocycles. The van der Waals surface area contributed by atoms with Crippen LogP contribution in [0.4, 0.5) is 0 Å². The van der Waals surface area contributed by atoms with Crippen molar-refractivity contribution in [1.29, 1.82) is 0 Å². The number of carbonyl (C=O) groups excluding carboxylic acids is 2. The Kier molecular flexibility index (Phi) is 4.60. The van der Waals surface area contributed by atoms with Crippen molar-refractivity contribution in [2.45, 2.75) is 19.9 Å². The molecular formula is C16H19N3O3. The first-order valence-corrected chi connectivity index (χ1v) is 6.91. The van der Waals surface area contributed by atoms with Crippen molar-refractivity contribution in [3.63, 3.8) is 0 Å². The molecule has 0 saturated heterocycles. The van der Waals surface area contributed by atoms with Crippen molar-refractivity contribution >= 4 is 11.9 Å². The molecule has 0 spiro atoms. The molecule has 2 aromatic rings. The van der Waals surface area contributed by atoms with E-state index in [1.54, 1.807) is 28.9 Å². The summed E-state index contributed by atoms with van der Waals surface area (Å²) >= 11 is 0. The normalized spacial score (nSPS) is 11.8. The molecule has 6 nitrogen and oxygen atoms in total. The van der Waals surface area contributed by atoms with Crippen LogP contribution in [0.15, 0.2) is 30.5 Å². The van der Waals surface area contributed by atoms with Crippen LogP contribution in [0.1, 0.15) is 44.9 Å². The molecule has 1 heterocycles. The molecule has 0 radical (unpaired) electrons. The highest BCUT2D eigenvalue weighted by molar-refractivity contribution is 5.96. The third kappa shape index (κ3) is 3.33. The quantitative estimate of drug-likeness (QED) is 0.877. The van der Waals surface area contributed by atoms with Crippen molar-refractivity contribution in [2.75, 3.05) is 7.11 Å². The van der Waals surface area contributed by atoms with Gasteiger partial charge in [-0.3, -0.25) is 9.48 Å². The Labute approximate surface area is 129 Å². The molecule has 1 aromatic heterocycles. The highest BCUT2D eigenvalue weighted by Gasteiger charge is 2.16. The molecule has 0 saturated carbocycles. The molecule has 0 bridgehead atoms. The van der Waals surface area contributed by atoms with Gasteiger partial charge in [-0.1, -0.05) is 0 Å². The summed E-state index contributed by atoms with van der Waals surface area (Å²) in [5, 5.41) is 7.19. The Hall–Kier alpha value is -2.63. The second-order valence-corrected chi connectivity index (χ2v) is 5.11. The van der Waals surface area contributed by atoms with Gasteiger partial charge in [-0.05, 0) is 38.1 Å². The van der Waals surface area contributed by atoms with Gasteiger partial charge in [0.25, 0.3) is 5.91 Å². The maximum absolute atomic E-state index is 12.2. The summed E-state index contributed by atoms with van der Waals surface area (Å²) in [4.78, 5) is 23.6. The maximum atomic E-state index is 12.2. The lowest BCUT2D eigenvalue weighted by atomic mass is 10.1. The van der Waals surface area contributed by atoms with Crippen LogP contribution in [0.2, 0.25) is 0 Å². The monoisotopic (exact) mass is 301 g/mol. The Morgan fingerprint density at radius 2 is 1.82 bits per heavy atom. The highest BCUT2D eigenvalue weighted by atomic mass is 16.5. The number of esters is 1. The lowest BCUT2D eigenvalue weighted by Gasteiger charge is -2.13. The van der Waals surface area contributed by atoms with E-state index in [0.29, 0.717) is 11.1 Å². The zero-order valence-corrected chi connectivity index (χ0v) is 13.1. The third-order valence-electron chi connectivity index (χ3n) is 3.43. The van der Waals surface area contributed by atoms with Crippen molar-refractivity contribution < 1.29 is 14.3 Å². The predicted molar refractivity (Wildman–Crippen MR) is 81.6 cm³/mol. The number of aromatic nitrogens is 2. The summed E-state index contributed by atoms with van der Waals surface area (Å²) in [6.45, 7) is 3.81. The molecule has 0 fully saturated rings. The number of hydrogen-bond acceptors (Lipinski definition) is 4. The van der Waals surface area contributed by atoms with E-state index in [2.05, 4.69) is 15.2 Å². The van der Waals surface area contributed by atoms with Gasteiger partial charge >= 0.3 is 5.97 Å². The molecule has 2 rings (SSSR count). The second kappa shape index (κ2) is 6.43. The number of benzene rings is 1. The highest BCUT2D eigenvalue weighted by Crippen LogP contribution is 2.16. The molecule has 1 amide bonds. The molecule has 22 heavy (non-hydrogen) atoms. The largest absolute Gasteiger partial charge is 0.465 e. The average molecular weight is 301 g/mol. The number of nitrogens with zero attached hydrogens (tertiary/aromatic N) is 2. The van der Waals surface area contributed by atoms with Crippen molar-refractivity contribution in [1.82, 2.24) is 15.1 Å². The summed E-state index contributed by atoms with van der Waals surface area (Å²) in [6, 6.07) is 6.19. The van der Waals surface area contributed by atoms with E-state index in [1.165, 1.54) is 7.11 Å². The smallest absolute Gasteiger partial charge is 0.337 e. The van der Waals surface area contributed by atoms with E-state index in [4.69, 9.17) is 0 Å². The summed E-state index contributed by atoms with van der Waals surface area (Å²) in [6.07, 6.45) is 1.89.